The zero-order valence-electron chi connectivity index (χ0n) is 16.5. The Morgan fingerprint density at radius 3 is 2.64 bits per heavy atom. The lowest BCUT2D eigenvalue weighted by atomic mass is 9.54. The molecule has 0 saturated heterocycles. The molecular weight excluding hydrogens is 358 g/mol. The molecule has 1 aliphatic carbocycles. The fourth-order valence-corrected chi connectivity index (χ4v) is 3.81. The number of amides is 1. The number of carboxylic acids is 1. The summed E-state index contributed by atoms with van der Waals surface area (Å²) >= 11 is 0. The molecule has 1 amide bonds. The van der Waals surface area contributed by atoms with Crippen molar-refractivity contribution in [3.05, 3.63) is 48.3 Å². The Morgan fingerprint density at radius 2 is 2.04 bits per heavy atom. The Kier molecular flexibility index (Phi) is 5.56. The molecule has 7 nitrogen and oxygen atoms in total. The summed E-state index contributed by atoms with van der Waals surface area (Å²) < 4.78 is 7.39. The number of hydrogen-bond acceptors (Lipinski definition) is 4. The SMILES string of the molecule is CCOC1CC(NC(=O)CCc2cnn(-c3ccccc3)c2)(C(=O)O)C1(C)C. The van der Waals surface area contributed by atoms with Gasteiger partial charge in [-0.2, -0.15) is 5.10 Å². The first kappa shape index (κ1) is 20.1. The number of aliphatic carboxylic acids is 1. The molecule has 1 aromatic carbocycles. The average Bonchev–Trinajstić information content (AvgIpc) is 3.15. The first-order valence-electron chi connectivity index (χ1n) is 9.55. The van der Waals surface area contributed by atoms with Gasteiger partial charge in [0.15, 0.2) is 0 Å². The van der Waals surface area contributed by atoms with Gasteiger partial charge in [-0.1, -0.05) is 32.0 Å². The van der Waals surface area contributed by atoms with E-state index >= 15 is 0 Å². The molecule has 3 rings (SSSR count). The largest absolute Gasteiger partial charge is 0.479 e. The van der Waals surface area contributed by atoms with Gasteiger partial charge >= 0.3 is 5.97 Å². The monoisotopic (exact) mass is 385 g/mol. The summed E-state index contributed by atoms with van der Waals surface area (Å²) in [5.74, 6) is -1.29. The van der Waals surface area contributed by atoms with E-state index in [-0.39, 0.29) is 24.9 Å². The van der Waals surface area contributed by atoms with E-state index in [1.807, 2.05) is 57.3 Å². The lowest BCUT2D eigenvalue weighted by molar-refractivity contribution is -0.194. The van der Waals surface area contributed by atoms with E-state index < -0.39 is 16.9 Å². The van der Waals surface area contributed by atoms with E-state index in [9.17, 15) is 14.7 Å². The summed E-state index contributed by atoms with van der Waals surface area (Å²) in [6.45, 7) is 6.05. The highest BCUT2D eigenvalue weighted by molar-refractivity contribution is 5.89. The van der Waals surface area contributed by atoms with Crippen molar-refractivity contribution in [1.82, 2.24) is 15.1 Å². The highest BCUT2D eigenvalue weighted by Gasteiger charge is 2.66. The third-order valence-corrected chi connectivity index (χ3v) is 5.78. The number of ether oxygens (including phenoxy) is 1. The van der Waals surface area contributed by atoms with Crippen molar-refractivity contribution < 1.29 is 19.4 Å². The van der Waals surface area contributed by atoms with Gasteiger partial charge in [-0.05, 0) is 31.0 Å². The highest BCUT2D eigenvalue weighted by Crippen LogP contribution is 2.51. The molecule has 2 aromatic rings. The molecule has 7 heteroatoms. The van der Waals surface area contributed by atoms with Crippen molar-refractivity contribution in [3.63, 3.8) is 0 Å². The Morgan fingerprint density at radius 1 is 1.32 bits per heavy atom. The Balaban J connectivity index is 1.61. The van der Waals surface area contributed by atoms with Crippen LogP contribution in [0.2, 0.25) is 0 Å². The summed E-state index contributed by atoms with van der Waals surface area (Å²) in [4.78, 5) is 24.5. The van der Waals surface area contributed by atoms with Crippen LogP contribution >= 0.6 is 0 Å². The fourth-order valence-electron chi connectivity index (χ4n) is 3.81. The molecule has 0 aliphatic heterocycles. The van der Waals surface area contributed by atoms with Crippen LogP contribution < -0.4 is 5.32 Å². The number of nitrogens with zero attached hydrogens (tertiary/aromatic N) is 2. The standard InChI is InChI=1S/C21H27N3O4/c1-4-28-17-12-21(19(26)27,20(17,2)3)23-18(25)11-10-15-13-22-24(14-15)16-8-6-5-7-9-16/h5-9,13-14,17H,4,10-12H2,1-3H3,(H,23,25)(H,26,27). The van der Waals surface area contributed by atoms with Gasteiger partial charge in [0.05, 0.1) is 18.0 Å². The van der Waals surface area contributed by atoms with E-state index in [2.05, 4.69) is 10.4 Å². The highest BCUT2D eigenvalue weighted by atomic mass is 16.5. The normalized spacial score (nSPS) is 23.0. The molecule has 28 heavy (non-hydrogen) atoms. The van der Waals surface area contributed by atoms with Crippen LogP contribution in [0.4, 0.5) is 0 Å². The van der Waals surface area contributed by atoms with Gasteiger partial charge in [0.2, 0.25) is 5.91 Å². The second-order valence-electron chi connectivity index (χ2n) is 7.76. The van der Waals surface area contributed by atoms with Crippen LogP contribution in [0.25, 0.3) is 5.69 Å². The van der Waals surface area contributed by atoms with Crippen LogP contribution in [0.3, 0.4) is 0 Å². The molecule has 2 atom stereocenters. The van der Waals surface area contributed by atoms with Gasteiger partial charge in [-0.3, -0.25) is 4.79 Å². The van der Waals surface area contributed by atoms with Crippen LogP contribution in [0.1, 0.15) is 39.2 Å². The smallest absolute Gasteiger partial charge is 0.330 e. The van der Waals surface area contributed by atoms with Crippen molar-refractivity contribution in [3.8, 4) is 5.69 Å². The summed E-state index contributed by atoms with van der Waals surface area (Å²) in [7, 11) is 0. The lowest BCUT2D eigenvalue weighted by Crippen LogP contribution is -2.76. The van der Waals surface area contributed by atoms with E-state index in [0.29, 0.717) is 13.0 Å². The van der Waals surface area contributed by atoms with Crippen molar-refractivity contribution in [2.24, 2.45) is 5.41 Å². The number of aryl methyl sites for hydroxylation is 1. The number of hydrogen-bond donors (Lipinski definition) is 2. The first-order chi connectivity index (χ1) is 13.3. The van der Waals surface area contributed by atoms with Gasteiger partial charge in [0.1, 0.15) is 5.54 Å². The predicted molar refractivity (Wildman–Crippen MR) is 104 cm³/mol. The molecule has 2 N–H and O–H groups in total. The molecule has 1 fully saturated rings. The maximum Gasteiger partial charge on any atom is 0.330 e. The Hall–Kier alpha value is -2.67. The van der Waals surface area contributed by atoms with Crippen LogP contribution in [-0.2, 0) is 20.7 Å². The number of carbonyl (C=O) groups excluding carboxylic acids is 1. The topological polar surface area (TPSA) is 93.5 Å². The molecule has 1 aliphatic rings. The van der Waals surface area contributed by atoms with Gasteiger partial charge in [-0.15, -0.1) is 0 Å². The van der Waals surface area contributed by atoms with Gasteiger partial charge < -0.3 is 15.2 Å². The molecule has 1 aromatic heterocycles. The minimum Gasteiger partial charge on any atom is -0.479 e. The van der Waals surface area contributed by atoms with Gasteiger partial charge in [-0.25, -0.2) is 9.48 Å². The van der Waals surface area contributed by atoms with E-state index in [1.54, 1.807) is 10.9 Å². The number of benzene rings is 1. The van der Waals surface area contributed by atoms with E-state index in [0.717, 1.165) is 11.3 Å². The maximum absolute atomic E-state index is 12.5. The summed E-state index contributed by atoms with van der Waals surface area (Å²) in [5, 5.41) is 16.9. The van der Waals surface area contributed by atoms with Gasteiger partial charge in [0, 0.05) is 31.1 Å². The van der Waals surface area contributed by atoms with Gasteiger partial charge in [0.25, 0.3) is 0 Å². The molecule has 1 saturated carbocycles. The van der Waals surface area contributed by atoms with Crippen molar-refractivity contribution in [2.75, 3.05) is 6.61 Å². The molecule has 0 radical (unpaired) electrons. The predicted octanol–water partition coefficient (Wildman–Crippen LogP) is 2.58. The van der Waals surface area contributed by atoms with Crippen LogP contribution in [0.15, 0.2) is 42.7 Å². The zero-order chi connectivity index (χ0) is 20.4. The molecule has 150 valence electrons. The van der Waals surface area contributed by atoms with Crippen LogP contribution in [0.5, 0.6) is 0 Å². The second kappa shape index (κ2) is 7.75. The minimum atomic E-state index is -1.29. The minimum absolute atomic E-state index is 0.182. The number of para-hydroxylation sites is 1. The van der Waals surface area contributed by atoms with Crippen molar-refractivity contribution >= 4 is 11.9 Å². The van der Waals surface area contributed by atoms with E-state index in [4.69, 9.17) is 4.74 Å². The number of carbonyl (C=O) groups is 2. The number of nitrogens with one attached hydrogen (secondary N) is 1. The van der Waals surface area contributed by atoms with Crippen LogP contribution in [-0.4, -0.2) is 45.0 Å². The number of rotatable bonds is 8. The fraction of sp³-hybridized carbons (Fsp3) is 0.476. The lowest BCUT2D eigenvalue weighted by Gasteiger charge is -2.58. The third kappa shape index (κ3) is 3.54. The molecule has 2 unspecified atom stereocenters. The van der Waals surface area contributed by atoms with Crippen LogP contribution in [0, 0.1) is 5.41 Å². The van der Waals surface area contributed by atoms with Crippen molar-refractivity contribution in [1.29, 1.82) is 0 Å². The first-order valence-corrected chi connectivity index (χ1v) is 9.55. The molecule has 1 heterocycles. The molecule has 0 bridgehead atoms. The Bertz CT molecular complexity index is 846. The maximum atomic E-state index is 12.5. The second-order valence-corrected chi connectivity index (χ2v) is 7.76. The summed E-state index contributed by atoms with van der Waals surface area (Å²) in [5.41, 5.74) is -0.106. The quantitative estimate of drug-likeness (QED) is 0.728. The average molecular weight is 385 g/mol. The molecule has 0 spiro atoms. The van der Waals surface area contributed by atoms with E-state index in [1.165, 1.54) is 0 Å². The van der Waals surface area contributed by atoms with Crippen molar-refractivity contribution in [2.45, 2.75) is 51.7 Å². The Labute approximate surface area is 164 Å². The number of carboxylic acid groups (broad SMARTS) is 1. The number of aromatic nitrogens is 2. The summed E-state index contributed by atoms with van der Waals surface area (Å²) in [6, 6.07) is 9.71. The molecular formula is C21H27N3O4. The summed E-state index contributed by atoms with van der Waals surface area (Å²) in [6.07, 6.45) is 4.40. The third-order valence-electron chi connectivity index (χ3n) is 5.78. The zero-order valence-corrected chi connectivity index (χ0v) is 16.5.